The van der Waals surface area contributed by atoms with Crippen LogP contribution in [0.15, 0.2) is 0 Å². The molecule has 1 saturated carbocycles. The standard InChI is InChI=1S/C15H26N2O4/c18-13(19)15(7-10-21-11-8-15)17-14(20)16-9-6-12-4-2-1-3-5-12/h12H,1-11H2,(H,18,19)(H2,16,17,20). The van der Waals surface area contributed by atoms with Crippen LogP contribution in [0.2, 0.25) is 0 Å². The molecule has 6 nitrogen and oxygen atoms in total. The molecule has 0 atom stereocenters. The average Bonchev–Trinajstić information content (AvgIpc) is 2.49. The van der Waals surface area contributed by atoms with Gasteiger partial charge in [-0.1, -0.05) is 32.1 Å². The number of hydrogen-bond acceptors (Lipinski definition) is 3. The molecule has 2 amide bonds. The Hall–Kier alpha value is -1.30. The van der Waals surface area contributed by atoms with E-state index in [-0.39, 0.29) is 6.03 Å². The number of ether oxygens (including phenoxy) is 1. The number of carboxylic acids is 1. The molecule has 21 heavy (non-hydrogen) atoms. The summed E-state index contributed by atoms with van der Waals surface area (Å²) in [5.41, 5.74) is -1.17. The zero-order valence-electron chi connectivity index (χ0n) is 12.5. The van der Waals surface area contributed by atoms with E-state index < -0.39 is 11.5 Å². The van der Waals surface area contributed by atoms with Crippen molar-refractivity contribution in [1.29, 1.82) is 0 Å². The molecule has 0 bridgehead atoms. The van der Waals surface area contributed by atoms with E-state index in [1.807, 2.05) is 0 Å². The van der Waals surface area contributed by atoms with Crippen LogP contribution in [0.25, 0.3) is 0 Å². The number of carboxylic acid groups (broad SMARTS) is 1. The molecule has 0 aromatic rings. The lowest BCUT2D eigenvalue weighted by Gasteiger charge is -2.33. The topological polar surface area (TPSA) is 87.7 Å². The van der Waals surface area contributed by atoms with Crippen molar-refractivity contribution >= 4 is 12.0 Å². The van der Waals surface area contributed by atoms with Gasteiger partial charge in [-0.2, -0.15) is 0 Å². The molecule has 120 valence electrons. The summed E-state index contributed by atoms with van der Waals surface area (Å²) in [6.07, 6.45) is 8.03. The van der Waals surface area contributed by atoms with Gasteiger partial charge in [-0.25, -0.2) is 9.59 Å². The third kappa shape index (κ3) is 4.59. The van der Waals surface area contributed by atoms with Crippen molar-refractivity contribution in [2.45, 2.75) is 56.9 Å². The third-order valence-electron chi connectivity index (χ3n) is 4.67. The van der Waals surface area contributed by atoms with Crippen LogP contribution in [0.5, 0.6) is 0 Å². The summed E-state index contributed by atoms with van der Waals surface area (Å²) >= 11 is 0. The number of hydrogen-bond donors (Lipinski definition) is 3. The zero-order valence-corrected chi connectivity index (χ0v) is 12.5. The van der Waals surface area contributed by atoms with Crippen LogP contribution in [0.3, 0.4) is 0 Å². The maximum atomic E-state index is 11.9. The van der Waals surface area contributed by atoms with Crippen LogP contribution in [-0.4, -0.2) is 42.4 Å². The van der Waals surface area contributed by atoms with Gasteiger partial charge in [-0.15, -0.1) is 0 Å². The smallest absolute Gasteiger partial charge is 0.329 e. The predicted octanol–water partition coefficient (Wildman–Crippen LogP) is 1.89. The van der Waals surface area contributed by atoms with Crippen LogP contribution in [-0.2, 0) is 9.53 Å². The van der Waals surface area contributed by atoms with Crippen LogP contribution in [0.1, 0.15) is 51.4 Å². The van der Waals surface area contributed by atoms with Crippen molar-refractivity contribution in [3.05, 3.63) is 0 Å². The van der Waals surface area contributed by atoms with Gasteiger partial charge in [0.15, 0.2) is 0 Å². The number of aliphatic carboxylic acids is 1. The highest BCUT2D eigenvalue weighted by Crippen LogP contribution is 2.25. The van der Waals surface area contributed by atoms with E-state index in [4.69, 9.17) is 4.74 Å². The van der Waals surface area contributed by atoms with Crippen molar-refractivity contribution in [3.63, 3.8) is 0 Å². The minimum atomic E-state index is -1.17. The van der Waals surface area contributed by atoms with Gasteiger partial charge in [0.25, 0.3) is 0 Å². The molecule has 0 unspecified atom stereocenters. The van der Waals surface area contributed by atoms with Crippen LogP contribution in [0, 0.1) is 5.92 Å². The molecule has 1 aliphatic heterocycles. The molecule has 1 saturated heterocycles. The van der Waals surface area contributed by atoms with E-state index >= 15 is 0 Å². The molecule has 2 fully saturated rings. The van der Waals surface area contributed by atoms with Crippen LogP contribution < -0.4 is 10.6 Å². The first-order chi connectivity index (χ1) is 10.1. The van der Waals surface area contributed by atoms with Gasteiger partial charge in [0.1, 0.15) is 5.54 Å². The Labute approximate surface area is 125 Å². The Kier molecular flexibility index (Phi) is 5.85. The van der Waals surface area contributed by atoms with Crippen molar-refractivity contribution in [2.75, 3.05) is 19.8 Å². The summed E-state index contributed by atoms with van der Waals surface area (Å²) in [5, 5.41) is 14.8. The number of urea groups is 1. The van der Waals surface area contributed by atoms with E-state index in [0.717, 1.165) is 6.42 Å². The Bertz CT molecular complexity index is 361. The number of rotatable bonds is 5. The number of amides is 2. The number of carbonyl (C=O) groups is 2. The van der Waals surface area contributed by atoms with Crippen LogP contribution >= 0.6 is 0 Å². The van der Waals surface area contributed by atoms with E-state index in [9.17, 15) is 14.7 Å². The van der Waals surface area contributed by atoms with Crippen molar-refractivity contribution < 1.29 is 19.4 Å². The van der Waals surface area contributed by atoms with E-state index in [1.54, 1.807) is 0 Å². The van der Waals surface area contributed by atoms with E-state index in [2.05, 4.69) is 10.6 Å². The molecule has 0 aromatic heterocycles. The molecule has 2 aliphatic rings. The zero-order chi connectivity index (χ0) is 15.1. The maximum absolute atomic E-state index is 11.9. The lowest BCUT2D eigenvalue weighted by atomic mass is 9.87. The molecule has 3 N–H and O–H groups in total. The third-order valence-corrected chi connectivity index (χ3v) is 4.67. The van der Waals surface area contributed by atoms with Gasteiger partial charge in [0, 0.05) is 32.6 Å². The normalized spacial score (nSPS) is 22.5. The monoisotopic (exact) mass is 298 g/mol. The lowest BCUT2D eigenvalue weighted by molar-refractivity contribution is -0.148. The van der Waals surface area contributed by atoms with Crippen molar-refractivity contribution in [1.82, 2.24) is 10.6 Å². The van der Waals surface area contributed by atoms with E-state index in [0.29, 0.717) is 38.5 Å². The number of carbonyl (C=O) groups excluding carboxylic acids is 1. The Morgan fingerprint density at radius 3 is 2.43 bits per heavy atom. The van der Waals surface area contributed by atoms with Gasteiger partial charge < -0.3 is 20.5 Å². The number of nitrogens with one attached hydrogen (secondary N) is 2. The second-order valence-electron chi connectivity index (χ2n) is 6.17. The first-order valence-electron chi connectivity index (χ1n) is 7.99. The fourth-order valence-corrected chi connectivity index (χ4v) is 3.24. The van der Waals surface area contributed by atoms with E-state index in [1.165, 1.54) is 32.1 Å². The summed E-state index contributed by atoms with van der Waals surface area (Å²) in [7, 11) is 0. The molecule has 0 aromatic carbocycles. The van der Waals surface area contributed by atoms with Gasteiger partial charge in [0.05, 0.1) is 0 Å². The summed E-state index contributed by atoms with van der Waals surface area (Å²) in [6.45, 7) is 1.35. The first kappa shape index (κ1) is 16.1. The first-order valence-corrected chi connectivity index (χ1v) is 7.99. The molecular weight excluding hydrogens is 272 g/mol. The van der Waals surface area contributed by atoms with Crippen molar-refractivity contribution in [3.8, 4) is 0 Å². The van der Waals surface area contributed by atoms with Crippen LogP contribution in [0.4, 0.5) is 4.79 Å². The minimum Gasteiger partial charge on any atom is -0.480 e. The average molecular weight is 298 g/mol. The molecule has 6 heteroatoms. The maximum Gasteiger partial charge on any atom is 0.329 e. The summed E-state index contributed by atoms with van der Waals surface area (Å²) in [4.78, 5) is 23.4. The Balaban J connectivity index is 1.73. The van der Waals surface area contributed by atoms with Gasteiger partial charge >= 0.3 is 12.0 Å². The molecule has 1 heterocycles. The molecule has 1 aliphatic carbocycles. The Morgan fingerprint density at radius 2 is 1.81 bits per heavy atom. The SMILES string of the molecule is O=C(NCCC1CCCCC1)NC1(C(=O)O)CCOCC1. The van der Waals surface area contributed by atoms with Crippen molar-refractivity contribution in [2.24, 2.45) is 5.92 Å². The van der Waals surface area contributed by atoms with Gasteiger partial charge in [-0.3, -0.25) is 0 Å². The molecular formula is C15H26N2O4. The quantitative estimate of drug-likeness (QED) is 0.723. The predicted molar refractivity (Wildman–Crippen MR) is 78.1 cm³/mol. The molecule has 0 radical (unpaired) electrons. The molecule has 2 rings (SSSR count). The second-order valence-corrected chi connectivity index (χ2v) is 6.17. The highest BCUT2D eigenvalue weighted by atomic mass is 16.5. The van der Waals surface area contributed by atoms with Gasteiger partial charge in [0.2, 0.25) is 0 Å². The van der Waals surface area contributed by atoms with Gasteiger partial charge in [-0.05, 0) is 12.3 Å². The lowest BCUT2D eigenvalue weighted by Crippen LogP contribution is -2.59. The Morgan fingerprint density at radius 1 is 1.14 bits per heavy atom. The fraction of sp³-hybridized carbons (Fsp3) is 0.867. The molecule has 0 spiro atoms. The highest BCUT2D eigenvalue weighted by Gasteiger charge is 2.41. The highest BCUT2D eigenvalue weighted by molar-refractivity contribution is 5.86. The second kappa shape index (κ2) is 7.64. The summed E-state index contributed by atoms with van der Waals surface area (Å²) in [6, 6.07) is -0.380. The summed E-state index contributed by atoms with van der Waals surface area (Å²) in [5.74, 6) is -0.274. The summed E-state index contributed by atoms with van der Waals surface area (Å²) < 4.78 is 5.18. The minimum absolute atomic E-state index is 0.318. The largest absolute Gasteiger partial charge is 0.480 e. The fourth-order valence-electron chi connectivity index (χ4n) is 3.24.